The number of aromatic nitrogens is 5. The lowest BCUT2D eigenvalue weighted by atomic mass is 9.83. The molecule has 3 aromatic rings. The van der Waals surface area contributed by atoms with Gasteiger partial charge in [0.05, 0.1) is 11.3 Å². The lowest BCUT2D eigenvalue weighted by molar-refractivity contribution is -0.134. The van der Waals surface area contributed by atoms with Gasteiger partial charge in [0.2, 0.25) is 5.91 Å². The highest BCUT2D eigenvalue weighted by Gasteiger charge is 2.36. The highest BCUT2D eigenvalue weighted by molar-refractivity contribution is 5.76. The number of pyridine rings is 1. The van der Waals surface area contributed by atoms with Gasteiger partial charge in [-0.15, -0.1) is 0 Å². The molecule has 2 aliphatic rings. The second-order valence-corrected chi connectivity index (χ2v) is 8.21. The van der Waals surface area contributed by atoms with Gasteiger partial charge >= 0.3 is 0 Å². The number of nitrogens with one attached hydrogen (secondary N) is 1. The van der Waals surface area contributed by atoms with Crippen molar-refractivity contribution in [2.45, 2.75) is 39.3 Å². The average Bonchev–Trinajstić information content (AvgIpc) is 3.32. The molecule has 0 unspecified atom stereocenters. The number of likely N-dealkylation sites (tertiary alicyclic amines) is 1. The number of H-pyrrole nitrogens is 1. The normalized spacial score (nSPS) is 20.6. The molecule has 2 aliphatic heterocycles. The van der Waals surface area contributed by atoms with E-state index < -0.39 is 0 Å². The summed E-state index contributed by atoms with van der Waals surface area (Å²) in [6, 6.07) is 5.86. The van der Waals surface area contributed by atoms with Gasteiger partial charge < -0.3 is 14.5 Å². The van der Waals surface area contributed by atoms with E-state index in [1.807, 2.05) is 41.5 Å². The summed E-state index contributed by atoms with van der Waals surface area (Å²) in [5, 5.41) is 4.41. The molecule has 5 rings (SSSR count). The molecule has 1 fully saturated rings. The molecule has 150 valence electrons. The van der Waals surface area contributed by atoms with Gasteiger partial charge in [-0.05, 0) is 44.4 Å². The molecule has 0 radical (unpaired) electrons. The van der Waals surface area contributed by atoms with Crippen molar-refractivity contribution < 1.29 is 4.79 Å². The van der Waals surface area contributed by atoms with E-state index in [1.54, 1.807) is 17.1 Å². The Morgan fingerprint density at radius 2 is 2.10 bits per heavy atom. The maximum absolute atomic E-state index is 13.1. The van der Waals surface area contributed by atoms with E-state index in [4.69, 9.17) is 0 Å². The first-order chi connectivity index (χ1) is 14.0. The first kappa shape index (κ1) is 17.9. The molecule has 2 atom stereocenters. The highest BCUT2D eigenvalue weighted by atomic mass is 16.2. The number of aryl methyl sites for hydroxylation is 2. The molecule has 8 nitrogen and oxygen atoms in total. The van der Waals surface area contributed by atoms with Crippen LogP contribution in [0.2, 0.25) is 0 Å². The first-order valence-corrected chi connectivity index (χ1v) is 10.0. The Labute approximate surface area is 168 Å². The van der Waals surface area contributed by atoms with Crippen LogP contribution in [0.5, 0.6) is 0 Å². The van der Waals surface area contributed by atoms with E-state index in [-0.39, 0.29) is 29.8 Å². The van der Waals surface area contributed by atoms with Crippen LogP contribution in [0.25, 0.3) is 11.4 Å². The Hall–Kier alpha value is -3.16. The summed E-state index contributed by atoms with van der Waals surface area (Å²) in [5.41, 5.74) is 3.53. The second-order valence-electron chi connectivity index (χ2n) is 8.21. The maximum atomic E-state index is 13.1. The standard InChI is InChI=1S/C21H24N6O2/c1-13-7-14(2)27(24-13)12-19(28)25-9-15-8-16(11-25)18-4-3-17(20-22-5-6-23-20)21(29)26(18)10-15/h3-7,15-16H,8-12H2,1-2H3,(H,22,23)/t15-,16+/m0/s1. The summed E-state index contributed by atoms with van der Waals surface area (Å²) < 4.78 is 3.66. The lowest BCUT2D eigenvalue weighted by Crippen LogP contribution is -2.50. The summed E-state index contributed by atoms with van der Waals surface area (Å²) in [6.45, 7) is 6.15. The number of rotatable bonds is 3. The van der Waals surface area contributed by atoms with Gasteiger partial charge in [-0.2, -0.15) is 5.10 Å². The predicted octanol–water partition coefficient (Wildman–Crippen LogP) is 1.70. The number of amides is 1. The molecule has 0 aliphatic carbocycles. The number of imidazole rings is 1. The number of carbonyl (C=O) groups is 1. The molecule has 0 aromatic carbocycles. The predicted molar refractivity (Wildman–Crippen MR) is 107 cm³/mol. The van der Waals surface area contributed by atoms with Gasteiger partial charge in [-0.3, -0.25) is 14.3 Å². The largest absolute Gasteiger partial charge is 0.344 e. The average molecular weight is 392 g/mol. The van der Waals surface area contributed by atoms with E-state index in [9.17, 15) is 9.59 Å². The fourth-order valence-electron chi connectivity index (χ4n) is 4.81. The number of nitrogens with zero attached hydrogens (tertiary/aromatic N) is 5. The van der Waals surface area contributed by atoms with Gasteiger partial charge in [0.15, 0.2) is 0 Å². The molecule has 3 aromatic heterocycles. The Bertz CT molecular complexity index is 1130. The number of carbonyl (C=O) groups excluding carboxylic acids is 1. The van der Waals surface area contributed by atoms with Gasteiger partial charge in [-0.25, -0.2) is 4.98 Å². The summed E-state index contributed by atoms with van der Waals surface area (Å²) in [4.78, 5) is 35.2. The van der Waals surface area contributed by atoms with Crippen LogP contribution in [0.1, 0.15) is 29.4 Å². The molecule has 2 bridgehead atoms. The maximum Gasteiger partial charge on any atom is 0.261 e. The molecule has 0 spiro atoms. The molecule has 1 N–H and O–H groups in total. The van der Waals surface area contributed by atoms with Crippen LogP contribution in [-0.2, 0) is 17.9 Å². The van der Waals surface area contributed by atoms with Crippen molar-refractivity contribution in [3.63, 3.8) is 0 Å². The number of fused-ring (bicyclic) bond motifs is 4. The van der Waals surface area contributed by atoms with E-state index in [2.05, 4.69) is 15.1 Å². The van der Waals surface area contributed by atoms with Crippen LogP contribution >= 0.6 is 0 Å². The van der Waals surface area contributed by atoms with Crippen LogP contribution < -0.4 is 5.56 Å². The quantitative estimate of drug-likeness (QED) is 0.735. The number of aromatic amines is 1. The van der Waals surface area contributed by atoms with Crippen molar-refractivity contribution in [3.05, 3.63) is 58.0 Å². The Morgan fingerprint density at radius 1 is 1.24 bits per heavy atom. The monoisotopic (exact) mass is 392 g/mol. The Kier molecular flexibility index (Phi) is 4.15. The van der Waals surface area contributed by atoms with Crippen LogP contribution in [0.15, 0.2) is 35.4 Å². The zero-order valence-electron chi connectivity index (χ0n) is 16.6. The first-order valence-electron chi connectivity index (χ1n) is 10.0. The smallest absolute Gasteiger partial charge is 0.261 e. The molecular formula is C21H24N6O2. The van der Waals surface area contributed by atoms with Crippen molar-refractivity contribution >= 4 is 5.91 Å². The molecule has 1 amide bonds. The number of hydrogen-bond acceptors (Lipinski definition) is 4. The Morgan fingerprint density at radius 3 is 2.83 bits per heavy atom. The van der Waals surface area contributed by atoms with Crippen molar-refractivity contribution in [3.8, 4) is 11.4 Å². The van der Waals surface area contributed by atoms with Crippen LogP contribution in [0, 0.1) is 19.8 Å². The minimum absolute atomic E-state index is 0.00503. The van der Waals surface area contributed by atoms with Gasteiger partial charge in [0, 0.05) is 49.3 Å². The molecule has 1 saturated heterocycles. The van der Waals surface area contributed by atoms with Crippen LogP contribution in [0.4, 0.5) is 0 Å². The van der Waals surface area contributed by atoms with Crippen molar-refractivity contribution in [1.82, 2.24) is 29.2 Å². The lowest BCUT2D eigenvalue weighted by Gasteiger charge is -2.43. The SMILES string of the molecule is Cc1cc(C)n(CC(=O)N2C[C@@H]3C[C@H](C2)c2ccc(-c4ncc[nH]4)c(=O)n2C3)n1. The molecule has 8 heteroatoms. The molecule has 0 saturated carbocycles. The summed E-state index contributed by atoms with van der Waals surface area (Å²) in [7, 11) is 0. The minimum atomic E-state index is -0.00503. The third kappa shape index (κ3) is 3.08. The van der Waals surface area contributed by atoms with Crippen LogP contribution in [-0.4, -0.2) is 48.2 Å². The molecule has 5 heterocycles. The Balaban J connectivity index is 1.40. The minimum Gasteiger partial charge on any atom is -0.344 e. The number of piperidine rings is 1. The molecule has 29 heavy (non-hydrogen) atoms. The van der Waals surface area contributed by atoms with Crippen molar-refractivity contribution in [2.75, 3.05) is 13.1 Å². The van der Waals surface area contributed by atoms with Crippen molar-refractivity contribution in [2.24, 2.45) is 5.92 Å². The van der Waals surface area contributed by atoms with E-state index in [0.717, 1.165) is 23.5 Å². The number of hydrogen-bond donors (Lipinski definition) is 1. The van der Waals surface area contributed by atoms with Gasteiger partial charge in [-0.1, -0.05) is 0 Å². The van der Waals surface area contributed by atoms with E-state index in [0.29, 0.717) is 31.0 Å². The third-order valence-electron chi connectivity index (χ3n) is 6.10. The zero-order valence-corrected chi connectivity index (χ0v) is 16.6. The summed E-state index contributed by atoms with van der Waals surface area (Å²) >= 11 is 0. The van der Waals surface area contributed by atoms with Gasteiger partial charge in [0.1, 0.15) is 12.4 Å². The van der Waals surface area contributed by atoms with E-state index >= 15 is 0 Å². The fourth-order valence-corrected chi connectivity index (χ4v) is 4.81. The molecular weight excluding hydrogens is 368 g/mol. The van der Waals surface area contributed by atoms with Crippen molar-refractivity contribution in [1.29, 1.82) is 0 Å². The third-order valence-corrected chi connectivity index (χ3v) is 6.10. The topological polar surface area (TPSA) is 88.8 Å². The van der Waals surface area contributed by atoms with E-state index in [1.165, 1.54) is 0 Å². The van der Waals surface area contributed by atoms with Gasteiger partial charge in [0.25, 0.3) is 5.56 Å². The fraction of sp³-hybridized carbons (Fsp3) is 0.429. The second kappa shape index (κ2) is 6.72. The zero-order chi connectivity index (χ0) is 20.1. The van der Waals surface area contributed by atoms with Crippen LogP contribution in [0.3, 0.4) is 0 Å². The summed E-state index contributed by atoms with van der Waals surface area (Å²) in [5.74, 6) is 1.16. The highest BCUT2D eigenvalue weighted by Crippen LogP contribution is 2.35. The summed E-state index contributed by atoms with van der Waals surface area (Å²) in [6.07, 6.45) is 4.39.